The van der Waals surface area contributed by atoms with Gasteiger partial charge < -0.3 is 45.6 Å². The molecule has 54 heavy (non-hydrogen) atoms. The third-order valence-electron chi connectivity index (χ3n) is 11.2. The summed E-state index contributed by atoms with van der Waals surface area (Å²) in [7, 11) is 0. The number of carbonyl (C=O) groups is 1. The summed E-state index contributed by atoms with van der Waals surface area (Å²) < 4.78 is 5.87. The van der Waals surface area contributed by atoms with Crippen LogP contribution < -0.4 is 0 Å². The first-order valence-electron chi connectivity index (χ1n) is 21.9. The molecule has 0 bridgehead atoms. The maximum atomic E-state index is 12.8. The molecule has 0 amide bonds. The average molecular weight is 773 g/mol. The van der Waals surface area contributed by atoms with Crippen LogP contribution in [0.25, 0.3) is 0 Å². The first-order valence-corrected chi connectivity index (χ1v) is 21.9. The molecule has 0 fully saturated rings. The first-order chi connectivity index (χ1) is 25.5. The van der Waals surface area contributed by atoms with Crippen LogP contribution in [0, 0.1) is 5.41 Å². The molecular weight excluding hydrogens is 688 g/mol. The molecule has 0 spiro atoms. The zero-order chi connectivity index (χ0) is 40.4. The molecule has 9 unspecified atom stereocenters. The summed E-state index contributed by atoms with van der Waals surface area (Å²) in [6, 6.07) is 0. The Morgan fingerprint density at radius 3 is 0.981 bits per heavy atom. The van der Waals surface area contributed by atoms with Crippen molar-refractivity contribution < 1.29 is 50.4 Å². The van der Waals surface area contributed by atoms with Gasteiger partial charge in [-0.2, -0.15) is 0 Å². The Morgan fingerprint density at radius 2 is 0.685 bits per heavy atom. The number of carbonyl (C=O) groups excluding carboxylic acids is 1. The monoisotopic (exact) mass is 773 g/mol. The predicted octanol–water partition coefficient (Wildman–Crippen LogP) is 7.32. The van der Waals surface area contributed by atoms with E-state index in [0.717, 1.165) is 50.5 Å². The molecule has 0 radical (unpaired) electrons. The van der Waals surface area contributed by atoms with Crippen LogP contribution in [0.4, 0.5) is 0 Å². The summed E-state index contributed by atoms with van der Waals surface area (Å²) in [6.45, 7) is 7.94. The van der Waals surface area contributed by atoms with Crippen LogP contribution >= 0.6 is 0 Å². The molecule has 0 aromatic carbocycles. The lowest BCUT2D eigenvalue weighted by molar-refractivity contribution is -0.149. The fourth-order valence-corrected chi connectivity index (χ4v) is 7.60. The van der Waals surface area contributed by atoms with Crippen LogP contribution in [-0.2, 0) is 9.53 Å². The molecule has 9 atom stereocenters. The predicted molar refractivity (Wildman–Crippen MR) is 216 cm³/mol. The quantitative estimate of drug-likeness (QED) is 0.116. The van der Waals surface area contributed by atoms with Gasteiger partial charge in [0.2, 0.25) is 0 Å². The van der Waals surface area contributed by atoms with E-state index in [1.165, 1.54) is 6.08 Å². The summed E-state index contributed by atoms with van der Waals surface area (Å²) in [6.07, 6.45) is 15.4. The van der Waals surface area contributed by atoms with Crippen LogP contribution in [0.1, 0.15) is 201 Å². The maximum absolute atomic E-state index is 12.8. The molecule has 1 aliphatic rings. The van der Waals surface area contributed by atoms with Crippen molar-refractivity contribution in [1.82, 2.24) is 0 Å². The van der Waals surface area contributed by atoms with Crippen molar-refractivity contribution >= 4 is 5.97 Å². The molecule has 320 valence electrons. The summed E-state index contributed by atoms with van der Waals surface area (Å²) in [5.41, 5.74) is 0.496. The van der Waals surface area contributed by atoms with E-state index in [1.807, 2.05) is 27.7 Å². The second kappa shape index (κ2) is 30.0. The van der Waals surface area contributed by atoms with Crippen molar-refractivity contribution in [1.29, 1.82) is 0 Å². The largest absolute Gasteiger partial charge is 0.459 e. The highest BCUT2D eigenvalue weighted by Crippen LogP contribution is 2.28. The van der Waals surface area contributed by atoms with Crippen LogP contribution in [0.15, 0.2) is 11.6 Å². The number of hydrogen-bond donors (Lipinski definition) is 8. The number of rotatable bonds is 0. The first kappa shape index (κ1) is 50.9. The third-order valence-corrected chi connectivity index (χ3v) is 11.2. The van der Waals surface area contributed by atoms with Gasteiger partial charge in [0.25, 0.3) is 0 Å². The number of ether oxygens (including phenoxy) is 1. The summed E-state index contributed by atoms with van der Waals surface area (Å²) in [5.74, 6) is -0.416. The van der Waals surface area contributed by atoms with Crippen LogP contribution in [0.3, 0.4) is 0 Å². The topological polar surface area (TPSA) is 188 Å². The van der Waals surface area contributed by atoms with Gasteiger partial charge in [0, 0.05) is 6.08 Å². The van der Waals surface area contributed by atoms with Gasteiger partial charge in [0.15, 0.2) is 0 Å². The van der Waals surface area contributed by atoms with E-state index in [0.29, 0.717) is 128 Å². The van der Waals surface area contributed by atoms with E-state index in [1.54, 1.807) is 0 Å². The van der Waals surface area contributed by atoms with Crippen LogP contribution in [-0.4, -0.2) is 102 Å². The van der Waals surface area contributed by atoms with E-state index in [2.05, 4.69) is 0 Å². The lowest BCUT2D eigenvalue weighted by Crippen LogP contribution is -2.31. The van der Waals surface area contributed by atoms with Crippen molar-refractivity contribution in [3.63, 3.8) is 0 Å². The second-order valence-corrected chi connectivity index (χ2v) is 17.9. The van der Waals surface area contributed by atoms with Gasteiger partial charge in [-0.3, -0.25) is 0 Å². The van der Waals surface area contributed by atoms with Gasteiger partial charge in [0.05, 0.1) is 48.8 Å². The van der Waals surface area contributed by atoms with Crippen molar-refractivity contribution in [2.45, 2.75) is 256 Å². The SMILES string of the molecule is C/C1=C\C(=O)OC(C(C)(C)C)CCCC(O)CCCC(O)CCCC(O)CCCC(O)CCCC(O)CCCC(O)CCCC(O)CCCCCC(O)C1. The zero-order valence-corrected chi connectivity index (χ0v) is 34.8. The van der Waals surface area contributed by atoms with Crippen molar-refractivity contribution in [2.75, 3.05) is 0 Å². The number of esters is 1. The molecule has 0 aromatic heterocycles. The Bertz CT molecular complexity index is 952. The molecule has 0 saturated carbocycles. The lowest BCUT2D eigenvalue weighted by Gasteiger charge is -2.30. The molecule has 1 aliphatic heterocycles. The van der Waals surface area contributed by atoms with Crippen molar-refractivity contribution in [3.05, 3.63) is 11.6 Å². The van der Waals surface area contributed by atoms with Gasteiger partial charge in [0.1, 0.15) is 6.10 Å². The molecule has 8 N–H and O–H groups in total. The molecule has 0 saturated heterocycles. The van der Waals surface area contributed by atoms with E-state index in [4.69, 9.17) is 4.74 Å². The Labute approximate surface area is 328 Å². The highest BCUT2D eigenvalue weighted by atomic mass is 16.5. The Morgan fingerprint density at radius 1 is 0.426 bits per heavy atom. The maximum Gasteiger partial charge on any atom is 0.330 e. The van der Waals surface area contributed by atoms with E-state index in [9.17, 15) is 45.6 Å². The van der Waals surface area contributed by atoms with Crippen molar-refractivity contribution in [3.8, 4) is 0 Å². The van der Waals surface area contributed by atoms with Crippen LogP contribution in [0.5, 0.6) is 0 Å². The molecule has 1 heterocycles. The van der Waals surface area contributed by atoms with Crippen molar-refractivity contribution in [2.24, 2.45) is 5.41 Å². The Hall–Kier alpha value is -1.11. The van der Waals surface area contributed by atoms with Gasteiger partial charge in [-0.1, -0.05) is 45.6 Å². The average Bonchev–Trinajstić information content (AvgIpc) is 3.06. The summed E-state index contributed by atoms with van der Waals surface area (Å²) in [4.78, 5) is 12.8. The normalized spacial score (nSPS) is 34.5. The fraction of sp³-hybridized carbons (Fsp3) is 0.932. The smallest absolute Gasteiger partial charge is 0.330 e. The molecular formula is C44H84O10. The van der Waals surface area contributed by atoms with E-state index in [-0.39, 0.29) is 11.5 Å². The minimum atomic E-state index is -0.552. The minimum absolute atomic E-state index is 0.271. The fourth-order valence-electron chi connectivity index (χ4n) is 7.60. The molecule has 10 heteroatoms. The Balaban J connectivity index is 2.64. The van der Waals surface area contributed by atoms with Gasteiger partial charge in [-0.05, 0) is 166 Å². The number of hydrogen-bond acceptors (Lipinski definition) is 10. The number of aliphatic hydroxyl groups excluding tert-OH is 8. The highest BCUT2D eigenvalue weighted by Gasteiger charge is 2.28. The molecule has 0 aromatic rings. The molecule has 1 rings (SSSR count). The minimum Gasteiger partial charge on any atom is -0.459 e. The standard InChI is InChI=1S/C44H84O10/c1-33-31-41(52)16-7-5-6-15-34(45)17-8-18-35(46)19-9-20-36(47)21-10-22-37(48)23-11-24-38(49)25-12-26-39(50)27-13-28-40(51)29-14-30-42(44(2,3)4)54-43(53)32-33/h32,34-42,45-52H,5-31H2,1-4H3/b33-32+. The van der Waals surface area contributed by atoms with E-state index >= 15 is 0 Å². The van der Waals surface area contributed by atoms with Crippen LogP contribution in [0.2, 0.25) is 0 Å². The zero-order valence-electron chi connectivity index (χ0n) is 34.8. The second-order valence-electron chi connectivity index (χ2n) is 17.9. The number of aliphatic hydroxyl groups is 8. The lowest BCUT2D eigenvalue weighted by atomic mass is 9.85. The molecule has 10 nitrogen and oxygen atoms in total. The Kier molecular flexibility index (Phi) is 28.3. The summed E-state index contributed by atoms with van der Waals surface area (Å²) in [5, 5.41) is 83.5. The van der Waals surface area contributed by atoms with Gasteiger partial charge in [-0.15, -0.1) is 0 Å². The number of cyclic esters (lactones) is 1. The third kappa shape index (κ3) is 28.3. The van der Waals surface area contributed by atoms with E-state index < -0.39 is 54.8 Å². The molecule has 0 aliphatic carbocycles. The van der Waals surface area contributed by atoms with Gasteiger partial charge in [-0.25, -0.2) is 4.79 Å². The highest BCUT2D eigenvalue weighted by molar-refractivity contribution is 5.82. The summed E-state index contributed by atoms with van der Waals surface area (Å²) >= 11 is 0. The van der Waals surface area contributed by atoms with Gasteiger partial charge >= 0.3 is 5.97 Å².